The van der Waals surface area contributed by atoms with Gasteiger partial charge in [-0.25, -0.2) is 0 Å². The third-order valence-corrected chi connectivity index (χ3v) is 5.67. The molecular weight excluding hydrogens is 364 g/mol. The van der Waals surface area contributed by atoms with E-state index < -0.39 is 0 Å². The van der Waals surface area contributed by atoms with Crippen molar-refractivity contribution in [1.82, 2.24) is 5.32 Å². The van der Waals surface area contributed by atoms with Crippen molar-refractivity contribution in [3.8, 4) is 5.75 Å². The van der Waals surface area contributed by atoms with Crippen LogP contribution in [0.25, 0.3) is 0 Å². The molecule has 0 saturated heterocycles. The van der Waals surface area contributed by atoms with Gasteiger partial charge in [-0.05, 0) is 58.5 Å². The van der Waals surface area contributed by atoms with Gasteiger partial charge in [0.05, 0.1) is 18.0 Å². The fourth-order valence-electron chi connectivity index (χ4n) is 2.82. The molecule has 0 spiro atoms. The minimum absolute atomic E-state index is 0.0451. The van der Waals surface area contributed by atoms with Gasteiger partial charge in [0.15, 0.2) is 0 Å². The number of nitrogen functional groups attached to an aromatic ring is 1. The van der Waals surface area contributed by atoms with Crippen LogP contribution in [0, 0.1) is 0 Å². The number of thiophene rings is 1. The molecular formula is C16H17BrN2O2S. The van der Waals surface area contributed by atoms with Crippen molar-refractivity contribution in [3.05, 3.63) is 44.1 Å². The summed E-state index contributed by atoms with van der Waals surface area (Å²) in [6.45, 7) is 0. The molecule has 6 heteroatoms. The number of nitrogens with two attached hydrogens (primary N) is 1. The fraction of sp³-hybridized carbons (Fsp3) is 0.312. The maximum Gasteiger partial charge on any atom is 0.262 e. The highest BCUT2D eigenvalue weighted by Crippen LogP contribution is 2.35. The molecule has 22 heavy (non-hydrogen) atoms. The first-order valence-corrected chi connectivity index (χ1v) is 8.72. The van der Waals surface area contributed by atoms with Crippen molar-refractivity contribution in [1.29, 1.82) is 0 Å². The van der Waals surface area contributed by atoms with E-state index in [-0.39, 0.29) is 11.9 Å². The third kappa shape index (κ3) is 2.98. The van der Waals surface area contributed by atoms with E-state index in [1.165, 1.54) is 22.5 Å². The van der Waals surface area contributed by atoms with Gasteiger partial charge in [0.1, 0.15) is 9.54 Å². The first-order valence-electron chi connectivity index (χ1n) is 7.11. The highest BCUT2D eigenvalue weighted by atomic mass is 79.9. The lowest BCUT2D eigenvalue weighted by atomic mass is 9.87. The van der Waals surface area contributed by atoms with E-state index in [1.807, 2.05) is 18.2 Å². The number of hydrogen-bond acceptors (Lipinski definition) is 4. The number of ether oxygens (including phenoxy) is 1. The smallest absolute Gasteiger partial charge is 0.262 e. The van der Waals surface area contributed by atoms with Crippen molar-refractivity contribution in [2.45, 2.75) is 25.3 Å². The van der Waals surface area contributed by atoms with Crippen molar-refractivity contribution < 1.29 is 9.53 Å². The van der Waals surface area contributed by atoms with Crippen LogP contribution in [0.3, 0.4) is 0 Å². The molecule has 3 rings (SSSR count). The zero-order chi connectivity index (χ0) is 15.7. The molecule has 1 aliphatic carbocycles. The summed E-state index contributed by atoms with van der Waals surface area (Å²) in [7, 11) is 1.59. The van der Waals surface area contributed by atoms with Crippen LogP contribution in [-0.2, 0) is 6.42 Å². The molecule has 1 aromatic carbocycles. The Morgan fingerprint density at radius 2 is 2.27 bits per heavy atom. The lowest BCUT2D eigenvalue weighted by Gasteiger charge is -2.26. The largest absolute Gasteiger partial charge is 0.495 e. The van der Waals surface area contributed by atoms with Crippen LogP contribution >= 0.6 is 27.3 Å². The van der Waals surface area contributed by atoms with Crippen LogP contribution < -0.4 is 15.8 Å². The summed E-state index contributed by atoms with van der Waals surface area (Å²) < 4.78 is 6.04. The Labute approximate surface area is 141 Å². The highest BCUT2D eigenvalue weighted by molar-refractivity contribution is 9.11. The molecule has 4 nitrogen and oxygen atoms in total. The molecule has 1 atom stereocenters. The van der Waals surface area contributed by atoms with Gasteiger partial charge in [0.25, 0.3) is 5.91 Å². The summed E-state index contributed by atoms with van der Waals surface area (Å²) in [5.74, 6) is 0.621. The number of halogens is 1. The van der Waals surface area contributed by atoms with Gasteiger partial charge in [0, 0.05) is 11.8 Å². The maximum absolute atomic E-state index is 12.5. The summed E-state index contributed by atoms with van der Waals surface area (Å²) in [5, 5.41) is 3.13. The number of benzene rings is 1. The van der Waals surface area contributed by atoms with Gasteiger partial charge >= 0.3 is 0 Å². The lowest BCUT2D eigenvalue weighted by Crippen LogP contribution is -2.30. The van der Waals surface area contributed by atoms with E-state index in [4.69, 9.17) is 10.5 Å². The van der Waals surface area contributed by atoms with E-state index in [1.54, 1.807) is 13.2 Å². The molecule has 1 aromatic heterocycles. The zero-order valence-electron chi connectivity index (χ0n) is 12.2. The Hall–Kier alpha value is -1.53. The van der Waals surface area contributed by atoms with Gasteiger partial charge in [-0.1, -0.05) is 6.07 Å². The Balaban J connectivity index is 1.80. The van der Waals surface area contributed by atoms with E-state index in [0.717, 1.165) is 28.7 Å². The number of carbonyl (C=O) groups is 1. The van der Waals surface area contributed by atoms with Gasteiger partial charge < -0.3 is 15.8 Å². The number of aryl methyl sites for hydroxylation is 1. The predicted octanol–water partition coefficient (Wildman–Crippen LogP) is 3.91. The third-order valence-electron chi connectivity index (χ3n) is 3.89. The van der Waals surface area contributed by atoms with E-state index >= 15 is 0 Å². The number of nitrogens with one attached hydrogen (secondary N) is 1. The molecule has 1 unspecified atom stereocenters. The highest BCUT2D eigenvalue weighted by Gasteiger charge is 2.23. The predicted molar refractivity (Wildman–Crippen MR) is 92.6 cm³/mol. The Morgan fingerprint density at radius 1 is 1.45 bits per heavy atom. The van der Waals surface area contributed by atoms with E-state index in [9.17, 15) is 4.79 Å². The quantitative estimate of drug-likeness (QED) is 0.793. The molecule has 0 bridgehead atoms. The summed E-state index contributed by atoms with van der Waals surface area (Å²) in [5.41, 5.74) is 9.04. The standard InChI is InChI=1S/C16H17BrN2O2S/c1-21-13-8-14(22-15(13)17)16(20)19-12-4-2-3-9-7-10(18)5-6-11(9)12/h5-8,12H,2-4,18H2,1H3,(H,19,20). The summed E-state index contributed by atoms with van der Waals surface area (Å²) in [6, 6.07) is 7.74. The summed E-state index contributed by atoms with van der Waals surface area (Å²) in [6.07, 6.45) is 3.02. The van der Waals surface area contributed by atoms with Crippen molar-refractivity contribution >= 4 is 38.9 Å². The molecule has 3 N–H and O–H groups in total. The van der Waals surface area contributed by atoms with Gasteiger partial charge in [-0.3, -0.25) is 4.79 Å². The molecule has 1 aliphatic rings. The summed E-state index contributed by atoms with van der Waals surface area (Å²) in [4.78, 5) is 13.1. The van der Waals surface area contributed by atoms with Crippen LogP contribution in [0.15, 0.2) is 28.1 Å². The number of fused-ring (bicyclic) bond motifs is 1. The number of methoxy groups -OCH3 is 1. The van der Waals surface area contributed by atoms with Crippen LogP contribution in [0.4, 0.5) is 5.69 Å². The Bertz CT molecular complexity index is 714. The minimum atomic E-state index is -0.0660. The average Bonchev–Trinajstić information content (AvgIpc) is 2.88. The zero-order valence-corrected chi connectivity index (χ0v) is 14.6. The monoisotopic (exact) mass is 380 g/mol. The molecule has 0 radical (unpaired) electrons. The van der Waals surface area contributed by atoms with Crippen LogP contribution in [-0.4, -0.2) is 13.0 Å². The topological polar surface area (TPSA) is 64.3 Å². The SMILES string of the molecule is COc1cc(C(=O)NC2CCCc3cc(N)ccc32)sc1Br. The lowest BCUT2D eigenvalue weighted by molar-refractivity contribution is 0.0936. The fourth-order valence-corrected chi connectivity index (χ4v) is 4.37. The average molecular weight is 381 g/mol. The second-order valence-corrected chi connectivity index (χ2v) is 7.70. The molecule has 0 saturated carbocycles. The van der Waals surface area contributed by atoms with E-state index in [0.29, 0.717) is 10.6 Å². The number of carbonyl (C=O) groups excluding carboxylic acids is 1. The van der Waals surface area contributed by atoms with Gasteiger partial charge in [-0.2, -0.15) is 0 Å². The van der Waals surface area contributed by atoms with Gasteiger partial charge in [0.2, 0.25) is 0 Å². The molecule has 0 fully saturated rings. The van der Waals surface area contributed by atoms with Crippen LogP contribution in [0.1, 0.15) is 39.7 Å². The molecule has 1 heterocycles. The Morgan fingerprint density at radius 3 is 3.00 bits per heavy atom. The molecule has 2 aromatic rings. The van der Waals surface area contributed by atoms with Crippen molar-refractivity contribution in [2.24, 2.45) is 0 Å². The normalized spacial score (nSPS) is 16.9. The number of amides is 1. The number of rotatable bonds is 3. The van der Waals surface area contributed by atoms with Crippen molar-refractivity contribution in [3.63, 3.8) is 0 Å². The van der Waals surface area contributed by atoms with Gasteiger partial charge in [-0.15, -0.1) is 11.3 Å². The second-order valence-electron chi connectivity index (χ2n) is 5.33. The first-order chi connectivity index (χ1) is 10.6. The summed E-state index contributed by atoms with van der Waals surface area (Å²) >= 11 is 4.78. The molecule has 116 valence electrons. The minimum Gasteiger partial charge on any atom is -0.495 e. The van der Waals surface area contributed by atoms with Crippen molar-refractivity contribution in [2.75, 3.05) is 12.8 Å². The number of anilines is 1. The van der Waals surface area contributed by atoms with Crippen LogP contribution in [0.2, 0.25) is 0 Å². The first kappa shape index (κ1) is 15.4. The Kier molecular flexibility index (Phi) is 4.40. The molecule has 1 amide bonds. The molecule has 0 aliphatic heterocycles. The maximum atomic E-state index is 12.5. The number of hydrogen-bond donors (Lipinski definition) is 2. The van der Waals surface area contributed by atoms with Crippen LogP contribution in [0.5, 0.6) is 5.75 Å². The van der Waals surface area contributed by atoms with E-state index in [2.05, 4.69) is 21.2 Å². The second kappa shape index (κ2) is 6.30.